The van der Waals surface area contributed by atoms with Gasteiger partial charge in [-0.05, 0) is 35.7 Å². The number of ether oxygens (including phenoxy) is 1. The summed E-state index contributed by atoms with van der Waals surface area (Å²) in [6.45, 7) is 2.73. The van der Waals surface area contributed by atoms with E-state index in [4.69, 9.17) is 4.74 Å². The van der Waals surface area contributed by atoms with Crippen LogP contribution in [0.15, 0.2) is 53.6 Å². The number of rotatable bonds is 7. The Hall–Kier alpha value is -2.40. The van der Waals surface area contributed by atoms with E-state index in [0.29, 0.717) is 6.61 Å². The van der Waals surface area contributed by atoms with Crippen molar-refractivity contribution in [3.63, 3.8) is 0 Å². The maximum atomic E-state index is 11.1. The molecule has 0 atom stereocenters. The van der Waals surface area contributed by atoms with E-state index < -0.39 is 0 Å². The molecule has 0 aliphatic heterocycles. The molecule has 4 nitrogen and oxygen atoms in total. The van der Waals surface area contributed by atoms with Crippen LogP contribution in [0.3, 0.4) is 0 Å². The van der Waals surface area contributed by atoms with Crippen molar-refractivity contribution in [3.8, 4) is 5.75 Å². The number of pyridine rings is 1. The van der Waals surface area contributed by atoms with E-state index in [9.17, 15) is 4.79 Å². The number of H-pyrrole nitrogens is 1. The first-order valence-corrected chi connectivity index (χ1v) is 8.87. The van der Waals surface area contributed by atoms with Crippen LogP contribution in [0.4, 0.5) is 0 Å². The van der Waals surface area contributed by atoms with Crippen LogP contribution in [0.1, 0.15) is 28.6 Å². The van der Waals surface area contributed by atoms with Crippen LogP contribution in [0.2, 0.25) is 0 Å². The third-order valence-electron chi connectivity index (χ3n) is 3.80. The average Bonchev–Trinajstić information content (AvgIpc) is 3.02. The minimum atomic E-state index is -0.00877. The lowest BCUT2D eigenvalue weighted by Gasteiger charge is -2.07. The SMILES string of the molecule is CCc1ccc(CCOc2ccc(Cc3c[nH]c(=O)s3)cc2)nc1. The third kappa shape index (κ3) is 4.55. The van der Waals surface area contributed by atoms with Gasteiger partial charge >= 0.3 is 4.87 Å². The van der Waals surface area contributed by atoms with Gasteiger partial charge in [0, 0.05) is 35.8 Å². The Balaban J connectivity index is 1.49. The highest BCUT2D eigenvalue weighted by atomic mass is 32.1. The van der Waals surface area contributed by atoms with Crippen molar-refractivity contribution < 1.29 is 4.74 Å². The van der Waals surface area contributed by atoms with Crippen molar-refractivity contribution in [2.24, 2.45) is 0 Å². The van der Waals surface area contributed by atoms with Gasteiger partial charge in [0.2, 0.25) is 0 Å². The first-order chi connectivity index (χ1) is 11.7. The fourth-order valence-corrected chi connectivity index (χ4v) is 3.11. The van der Waals surface area contributed by atoms with Gasteiger partial charge in [-0.25, -0.2) is 0 Å². The van der Waals surface area contributed by atoms with Crippen molar-refractivity contribution in [2.75, 3.05) is 6.61 Å². The van der Waals surface area contributed by atoms with Crippen molar-refractivity contribution in [3.05, 3.63) is 80.2 Å². The Labute approximate surface area is 145 Å². The van der Waals surface area contributed by atoms with E-state index in [1.165, 1.54) is 16.9 Å². The summed E-state index contributed by atoms with van der Waals surface area (Å²) >= 11 is 1.25. The molecular formula is C19H20N2O2S. The molecule has 0 unspecified atom stereocenters. The molecule has 3 rings (SSSR count). The molecular weight excluding hydrogens is 320 g/mol. The molecule has 0 aliphatic carbocycles. The van der Waals surface area contributed by atoms with Gasteiger partial charge < -0.3 is 9.72 Å². The zero-order valence-electron chi connectivity index (χ0n) is 13.6. The zero-order chi connectivity index (χ0) is 16.8. The second kappa shape index (κ2) is 7.93. The normalized spacial score (nSPS) is 10.7. The summed E-state index contributed by atoms with van der Waals surface area (Å²) in [5.74, 6) is 0.853. The van der Waals surface area contributed by atoms with Crippen molar-refractivity contribution in [2.45, 2.75) is 26.2 Å². The molecule has 0 bridgehead atoms. The highest BCUT2D eigenvalue weighted by Crippen LogP contribution is 2.16. The minimum absolute atomic E-state index is 0.00877. The molecule has 0 amide bonds. The van der Waals surface area contributed by atoms with Gasteiger partial charge in [0.15, 0.2) is 0 Å². The number of nitrogens with one attached hydrogen (secondary N) is 1. The largest absolute Gasteiger partial charge is 0.493 e. The molecule has 0 aliphatic rings. The zero-order valence-corrected chi connectivity index (χ0v) is 14.4. The molecule has 0 fully saturated rings. The quantitative estimate of drug-likeness (QED) is 0.715. The van der Waals surface area contributed by atoms with Gasteiger partial charge in [-0.15, -0.1) is 0 Å². The first-order valence-electron chi connectivity index (χ1n) is 8.06. The van der Waals surface area contributed by atoms with Crippen LogP contribution in [0.5, 0.6) is 5.75 Å². The second-order valence-corrected chi connectivity index (χ2v) is 6.67. The standard InChI is InChI=1S/C19H20N2O2S/c1-2-14-3-6-16(20-12-14)9-10-23-17-7-4-15(5-8-17)11-18-13-21-19(22)24-18/h3-8,12-13H,2,9-11H2,1H3,(H,21,22). The van der Waals surface area contributed by atoms with Crippen LogP contribution in [-0.2, 0) is 19.3 Å². The monoisotopic (exact) mass is 340 g/mol. The van der Waals surface area contributed by atoms with E-state index in [-0.39, 0.29) is 4.87 Å². The summed E-state index contributed by atoms with van der Waals surface area (Å²) in [5, 5.41) is 0. The van der Waals surface area contributed by atoms with Crippen LogP contribution < -0.4 is 9.61 Å². The van der Waals surface area contributed by atoms with Crippen LogP contribution >= 0.6 is 11.3 Å². The second-order valence-electron chi connectivity index (χ2n) is 5.58. The van der Waals surface area contributed by atoms with Gasteiger partial charge in [-0.3, -0.25) is 9.78 Å². The van der Waals surface area contributed by atoms with Gasteiger partial charge in [-0.1, -0.05) is 36.5 Å². The topological polar surface area (TPSA) is 55.0 Å². The molecule has 124 valence electrons. The van der Waals surface area contributed by atoms with Crippen LogP contribution in [0, 0.1) is 0 Å². The van der Waals surface area contributed by atoms with Crippen LogP contribution in [0.25, 0.3) is 0 Å². The molecule has 1 aromatic carbocycles. The van der Waals surface area contributed by atoms with Gasteiger partial charge in [0.1, 0.15) is 5.75 Å². The number of hydrogen-bond donors (Lipinski definition) is 1. The average molecular weight is 340 g/mol. The van der Waals surface area contributed by atoms with E-state index in [0.717, 1.165) is 41.1 Å². The Bertz CT molecular complexity index is 820. The molecule has 0 spiro atoms. The van der Waals surface area contributed by atoms with Crippen molar-refractivity contribution in [1.29, 1.82) is 0 Å². The number of nitrogens with zero attached hydrogens (tertiary/aromatic N) is 1. The predicted octanol–water partition coefficient (Wildman–Crippen LogP) is 3.61. The predicted molar refractivity (Wildman–Crippen MR) is 97.0 cm³/mol. The smallest absolute Gasteiger partial charge is 0.304 e. The summed E-state index contributed by atoms with van der Waals surface area (Å²) in [4.78, 5) is 19.3. The maximum Gasteiger partial charge on any atom is 0.304 e. The molecule has 1 N–H and O–H groups in total. The first kappa shape index (κ1) is 16.5. The number of aromatic amines is 1. The van der Waals surface area contributed by atoms with Gasteiger partial charge in [0.05, 0.1) is 6.61 Å². The summed E-state index contributed by atoms with van der Waals surface area (Å²) < 4.78 is 5.78. The van der Waals surface area contributed by atoms with Gasteiger partial charge in [-0.2, -0.15) is 0 Å². The Kier molecular flexibility index (Phi) is 5.43. The Morgan fingerprint density at radius 2 is 1.92 bits per heavy atom. The summed E-state index contributed by atoms with van der Waals surface area (Å²) in [6, 6.07) is 12.2. The molecule has 2 aromatic heterocycles. The summed E-state index contributed by atoms with van der Waals surface area (Å²) in [5.41, 5.74) is 3.46. The maximum absolute atomic E-state index is 11.1. The highest BCUT2D eigenvalue weighted by Gasteiger charge is 2.01. The Morgan fingerprint density at radius 3 is 2.54 bits per heavy atom. The summed E-state index contributed by atoms with van der Waals surface area (Å²) in [6.07, 6.45) is 6.27. The molecule has 2 heterocycles. The molecule has 3 aromatic rings. The molecule has 24 heavy (non-hydrogen) atoms. The lowest BCUT2D eigenvalue weighted by Crippen LogP contribution is -2.03. The summed E-state index contributed by atoms with van der Waals surface area (Å²) in [7, 11) is 0. The molecule has 0 saturated carbocycles. The fourth-order valence-electron chi connectivity index (χ4n) is 2.39. The lowest BCUT2D eigenvalue weighted by atomic mass is 10.1. The number of aryl methyl sites for hydroxylation is 1. The Morgan fingerprint density at radius 1 is 1.12 bits per heavy atom. The lowest BCUT2D eigenvalue weighted by molar-refractivity contribution is 0.320. The van der Waals surface area contributed by atoms with E-state index in [2.05, 4.69) is 29.0 Å². The molecule has 0 saturated heterocycles. The van der Waals surface area contributed by atoms with Gasteiger partial charge in [0.25, 0.3) is 0 Å². The molecule has 5 heteroatoms. The van der Waals surface area contributed by atoms with Crippen LogP contribution in [-0.4, -0.2) is 16.6 Å². The van der Waals surface area contributed by atoms with Crippen molar-refractivity contribution in [1.82, 2.24) is 9.97 Å². The number of hydrogen-bond acceptors (Lipinski definition) is 4. The number of benzene rings is 1. The van der Waals surface area contributed by atoms with E-state index in [1.54, 1.807) is 6.20 Å². The minimum Gasteiger partial charge on any atom is -0.493 e. The van der Waals surface area contributed by atoms with Crippen molar-refractivity contribution >= 4 is 11.3 Å². The number of thiazole rings is 1. The fraction of sp³-hybridized carbons (Fsp3) is 0.263. The van der Waals surface area contributed by atoms with E-state index in [1.807, 2.05) is 30.5 Å². The third-order valence-corrected chi connectivity index (χ3v) is 4.63. The number of aromatic nitrogens is 2. The molecule has 0 radical (unpaired) electrons. The highest BCUT2D eigenvalue weighted by molar-refractivity contribution is 7.09. The van der Waals surface area contributed by atoms with E-state index >= 15 is 0 Å².